The average molecular weight is 547 g/mol. The molecule has 0 atom stereocenters. The monoisotopic (exact) mass is 546 g/mol. The molecule has 4 bridgehead atoms. The molecule has 208 valence electrons. The second kappa shape index (κ2) is 10.5. The van der Waals surface area contributed by atoms with Crippen molar-refractivity contribution in [1.82, 2.24) is 0 Å². The number of nitrogens with zero attached hydrogens (tertiary/aromatic N) is 1. The molecule has 4 aliphatic rings. The maximum absolute atomic E-state index is 3.60. The Hall–Kier alpha value is -4.30. The highest BCUT2D eigenvalue weighted by atomic mass is 15.1. The lowest BCUT2D eigenvalue weighted by Crippen LogP contribution is -2.56. The zero-order chi connectivity index (χ0) is 27.9. The van der Waals surface area contributed by atoms with Crippen LogP contribution in [0.25, 0.3) is 0 Å². The summed E-state index contributed by atoms with van der Waals surface area (Å²) in [6, 6.07) is 51.1. The molecule has 5 aromatic carbocycles. The highest BCUT2D eigenvalue weighted by molar-refractivity contribution is 5.76. The molecule has 5 aromatic rings. The van der Waals surface area contributed by atoms with Crippen LogP contribution in [-0.4, -0.2) is 0 Å². The Morgan fingerprint density at radius 1 is 0.429 bits per heavy atom. The molecule has 1 N–H and O–H groups in total. The van der Waals surface area contributed by atoms with Gasteiger partial charge in [-0.3, -0.25) is 0 Å². The van der Waals surface area contributed by atoms with Crippen molar-refractivity contribution in [1.29, 1.82) is 0 Å². The van der Waals surface area contributed by atoms with E-state index in [0.29, 0.717) is 11.8 Å². The zero-order valence-electron chi connectivity index (χ0n) is 24.1. The molecule has 42 heavy (non-hydrogen) atoms. The minimum Gasteiger partial charge on any atom is -0.356 e. The summed E-state index contributed by atoms with van der Waals surface area (Å²) in [6.07, 6.45) is 6.96. The number of nitrogens with one attached hydrogen (secondary N) is 1. The average Bonchev–Trinajstić information content (AvgIpc) is 3.04. The Kier molecular flexibility index (Phi) is 6.36. The Morgan fingerprint density at radius 2 is 0.833 bits per heavy atom. The topological polar surface area (TPSA) is 15.3 Å². The van der Waals surface area contributed by atoms with Crippen LogP contribution < -0.4 is 10.2 Å². The van der Waals surface area contributed by atoms with Crippen LogP contribution >= 0.6 is 0 Å². The van der Waals surface area contributed by atoms with Crippen molar-refractivity contribution in [3.63, 3.8) is 0 Å². The van der Waals surface area contributed by atoms with E-state index in [2.05, 4.69) is 150 Å². The predicted molar refractivity (Wildman–Crippen MR) is 175 cm³/mol. The Bertz CT molecular complexity index is 1560. The molecule has 0 saturated heterocycles. The minimum atomic E-state index is 0.0849. The van der Waals surface area contributed by atoms with Gasteiger partial charge in [-0.2, -0.15) is 0 Å². The van der Waals surface area contributed by atoms with Crippen LogP contribution in [0.2, 0.25) is 0 Å². The van der Waals surface area contributed by atoms with Gasteiger partial charge in [-0.05, 0) is 128 Å². The molecule has 0 aliphatic heterocycles. The Morgan fingerprint density at radius 3 is 1.33 bits per heavy atom. The lowest BCUT2D eigenvalue weighted by molar-refractivity contribution is -0.0418. The second-order valence-corrected chi connectivity index (χ2v) is 12.8. The highest BCUT2D eigenvalue weighted by Gasteiger charge is 2.58. The van der Waals surface area contributed by atoms with E-state index in [1.54, 1.807) is 0 Å². The fraction of sp³-hybridized carbons (Fsp3) is 0.250. The van der Waals surface area contributed by atoms with E-state index < -0.39 is 0 Å². The first kappa shape index (κ1) is 25.4. The van der Waals surface area contributed by atoms with Gasteiger partial charge in [0.1, 0.15) is 0 Å². The minimum absolute atomic E-state index is 0.0849. The third-order valence-corrected chi connectivity index (χ3v) is 10.5. The van der Waals surface area contributed by atoms with E-state index in [9.17, 15) is 0 Å². The summed E-state index contributed by atoms with van der Waals surface area (Å²) in [6.45, 7) is 0. The van der Waals surface area contributed by atoms with Crippen LogP contribution in [0.15, 0.2) is 140 Å². The van der Waals surface area contributed by atoms with Gasteiger partial charge in [0.15, 0.2) is 0 Å². The Balaban J connectivity index is 1.19. The van der Waals surface area contributed by atoms with Gasteiger partial charge >= 0.3 is 0 Å². The van der Waals surface area contributed by atoms with Gasteiger partial charge in [-0.25, -0.2) is 0 Å². The van der Waals surface area contributed by atoms with Gasteiger partial charge in [0, 0.05) is 33.9 Å². The lowest BCUT2D eigenvalue weighted by Gasteiger charge is -2.62. The van der Waals surface area contributed by atoms with Gasteiger partial charge in [0.25, 0.3) is 0 Å². The third-order valence-electron chi connectivity index (χ3n) is 10.5. The molecule has 2 heteroatoms. The van der Waals surface area contributed by atoms with E-state index in [-0.39, 0.29) is 5.41 Å². The van der Waals surface area contributed by atoms with Crippen LogP contribution in [0.3, 0.4) is 0 Å². The smallest absolute Gasteiger partial charge is 0.0461 e. The first-order valence-electron chi connectivity index (χ1n) is 15.7. The van der Waals surface area contributed by atoms with Crippen molar-refractivity contribution in [2.24, 2.45) is 23.7 Å². The fourth-order valence-electron chi connectivity index (χ4n) is 9.04. The molecule has 0 radical (unpaired) electrons. The van der Waals surface area contributed by atoms with Crippen LogP contribution in [0.4, 0.5) is 28.4 Å². The summed E-state index contributed by atoms with van der Waals surface area (Å²) < 4.78 is 0. The molecule has 0 spiro atoms. The summed E-state index contributed by atoms with van der Waals surface area (Å²) >= 11 is 0. The standard InChI is InChI=1S/C40H38N2/c1-4-10-35(11-5-1)41-36-20-16-31(17-21-36)40(33-25-29-24-30(27-33)28-34(40)26-29)32-18-22-39(23-19-32)42(37-12-6-2-7-13-37)38-14-8-3-9-15-38/h1-23,29-30,33-34,41H,24-28H2. The molecule has 0 heterocycles. The molecular weight excluding hydrogens is 508 g/mol. The SMILES string of the molecule is c1ccc(Nc2ccc(C3(c4ccc(N(c5ccccc5)c5ccccc5)cc4)C4CC5CC(C4)CC3C5)cc2)cc1. The first-order valence-corrected chi connectivity index (χ1v) is 15.7. The van der Waals surface area contributed by atoms with E-state index in [1.807, 2.05) is 0 Å². The number of hydrogen-bond acceptors (Lipinski definition) is 2. The molecule has 4 saturated carbocycles. The molecule has 4 fully saturated rings. The van der Waals surface area contributed by atoms with Crippen LogP contribution in [-0.2, 0) is 5.41 Å². The maximum Gasteiger partial charge on any atom is 0.0461 e. The van der Waals surface area contributed by atoms with Crippen molar-refractivity contribution in [2.75, 3.05) is 10.2 Å². The number of anilines is 5. The van der Waals surface area contributed by atoms with Crippen molar-refractivity contribution in [3.8, 4) is 0 Å². The van der Waals surface area contributed by atoms with E-state index in [4.69, 9.17) is 0 Å². The summed E-state index contributed by atoms with van der Waals surface area (Å²) in [5, 5.41) is 3.60. The largest absolute Gasteiger partial charge is 0.356 e. The number of benzene rings is 5. The molecule has 0 aromatic heterocycles. The van der Waals surface area contributed by atoms with Crippen LogP contribution in [0, 0.1) is 23.7 Å². The molecule has 9 rings (SSSR count). The Labute approximate surface area is 250 Å². The molecular formula is C40H38N2. The molecule has 2 nitrogen and oxygen atoms in total. The predicted octanol–water partition coefficient (Wildman–Crippen LogP) is 10.6. The lowest BCUT2D eigenvalue weighted by atomic mass is 9.42. The van der Waals surface area contributed by atoms with Gasteiger partial charge in [-0.15, -0.1) is 0 Å². The summed E-state index contributed by atoms with van der Waals surface area (Å²) in [5.74, 6) is 3.27. The highest BCUT2D eigenvalue weighted by Crippen LogP contribution is 2.65. The van der Waals surface area contributed by atoms with Gasteiger partial charge in [0.05, 0.1) is 0 Å². The summed E-state index contributed by atoms with van der Waals surface area (Å²) in [4.78, 5) is 2.37. The number of para-hydroxylation sites is 3. The third kappa shape index (κ3) is 4.32. The van der Waals surface area contributed by atoms with Crippen molar-refractivity contribution in [2.45, 2.75) is 37.5 Å². The zero-order valence-corrected chi connectivity index (χ0v) is 24.1. The van der Waals surface area contributed by atoms with Crippen LogP contribution in [0.1, 0.15) is 43.2 Å². The molecule has 0 unspecified atom stereocenters. The molecule has 0 amide bonds. The van der Waals surface area contributed by atoms with E-state index >= 15 is 0 Å². The quantitative estimate of drug-likeness (QED) is 0.218. The summed E-state index contributed by atoms with van der Waals surface area (Å²) in [5.41, 5.74) is 8.95. The van der Waals surface area contributed by atoms with E-state index in [0.717, 1.165) is 23.2 Å². The second-order valence-electron chi connectivity index (χ2n) is 12.8. The molecule has 4 aliphatic carbocycles. The van der Waals surface area contributed by atoms with Crippen molar-refractivity contribution >= 4 is 28.4 Å². The van der Waals surface area contributed by atoms with Gasteiger partial charge in [0.2, 0.25) is 0 Å². The fourth-order valence-corrected chi connectivity index (χ4v) is 9.04. The number of rotatable bonds is 7. The van der Waals surface area contributed by atoms with Gasteiger partial charge in [-0.1, -0.05) is 78.9 Å². The number of hydrogen-bond donors (Lipinski definition) is 1. The van der Waals surface area contributed by atoms with E-state index in [1.165, 1.54) is 60.3 Å². The normalized spacial score (nSPS) is 25.7. The van der Waals surface area contributed by atoms with Gasteiger partial charge < -0.3 is 10.2 Å². The van der Waals surface area contributed by atoms with Crippen molar-refractivity contribution in [3.05, 3.63) is 151 Å². The summed E-state index contributed by atoms with van der Waals surface area (Å²) in [7, 11) is 0. The van der Waals surface area contributed by atoms with Crippen LogP contribution in [0.5, 0.6) is 0 Å². The maximum atomic E-state index is 3.60. The first-order chi connectivity index (χ1) is 20.8. The van der Waals surface area contributed by atoms with Crippen molar-refractivity contribution < 1.29 is 0 Å².